The van der Waals surface area contributed by atoms with Gasteiger partial charge in [0, 0.05) is 0 Å². The zero-order valence-corrected chi connectivity index (χ0v) is 12.1. The Morgan fingerprint density at radius 1 is 0.870 bits per heavy atom. The molecule has 0 amide bonds. The minimum Gasteiger partial charge on any atom is -0.478 e. The lowest BCUT2D eigenvalue weighted by molar-refractivity contribution is 0.0692. The number of hydrogen-bond acceptors (Lipinski definition) is 5. The van der Waals surface area contributed by atoms with Gasteiger partial charge in [0.1, 0.15) is 16.9 Å². The molecular weight excluding hydrogens is 328 g/mol. The molecule has 0 aliphatic heterocycles. The van der Waals surface area contributed by atoms with Crippen LogP contribution in [0, 0.1) is 0 Å². The van der Waals surface area contributed by atoms with Gasteiger partial charge in [-0.25, -0.2) is 9.59 Å². The van der Waals surface area contributed by atoms with E-state index in [9.17, 15) is 18.0 Å². The summed E-state index contributed by atoms with van der Waals surface area (Å²) in [6, 6.07) is 8.01. The van der Waals surface area contributed by atoms with Gasteiger partial charge in [0.05, 0.1) is 4.90 Å². The van der Waals surface area contributed by atoms with Crippen LogP contribution in [-0.4, -0.2) is 35.1 Å². The van der Waals surface area contributed by atoms with Crippen molar-refractivity contribution in [3.05, 3.63) is 53.6 Å². The number of aromatic carboxylic acids is 2. The maximum Gasteiger partial charge on any atom is 0.339 e. The van der Waals surface area contributed by atoms with Gasteiger partial charge in [0.15, 0.2) is 5.75 Å². The van der Waals surface area contributed by atoms with Crippen LogP contribution in [0.1, 0.15) is 20.7 Å². The number of benzene rings is 2. The largest absolute Gasteiger partial charge is 0.478 e. The molecule has 0 heterocycles. The first-order valence-electron chi connectivity index (χ1n) is 6.05. The van der Waals surface area contributed by atoms with Crippen LogP contribution < -0.4 is 4.74 Å². The van der Waals surface area contributed by atoms with E-state index in [1.807, 2.05) is 0 Å². The van der Waals surface area contributed by atoms with Gasteiger partial charge in [0.25, 0.3) is 10.1 Å². The van der Waals surface area contributed by atoms with Gasteiger partial charge in [-0.3, -0.25) is 4.55 Å². The van der Waals surface area contributed by atoms with Crippen LogP contribution in [0.15, 0.2) is 47.4 Å². The lowest BCUT2D eigenvalue weighted by Crippen LogP contribution is -2.07. The van der Waals surface area contributed by atoms with Crippen LogP contribution in [0.2, 0.25) is 0 Å². The molecule has 0 radical (unpaired) electrons. The zero-order chi connectivity index (χ0) is 17.2. The Labute approximate surface area is 130 Å². The SMILES string of the molecule is O=C(O)c1cccc(C(=O)O)c1Oc1ccc(S(=O)(=O)O)cc1. The van der Waals surface area contributed by atoms with Crippen LogP contribution in [0.3, 0.4) is 0 Å². The highest BCUT2D eigenvalue weighted by Gasteiger charge is 2.20. The minimum atomic E-state index is -4.38. The predicted molar refractivity (Wildman–Crippen MR) is 76.7 cm³/mol. The predicted octanol–water partition coefficient (Wildman–Crippen LogP) is 2.12. The lowest BCUT2D eigenvalue weighted by Gasteiger charge is -2.11. The van der Waals surface area contributed by atoms with Crippen LogP contribution in [0.4, 0.5) is 0 Å². The van der Waals surface area contributed by atoms with Gasteiger partial charge >= 0.3 is 11.9 Å². The molecule has 0 saturated carbocycles. The van der Waals surface area contributed by atoms with E-state index >= 15 is 0 Å². The van der Waals surface area contributed by atoms with Crippen molar-refractivity contribution in [2.24, 2.45) is 0 Å². The van der Waals surface area contributed by atoms with E-state index in [4.69, 9.17) is 19.5 Å². The number of carbonyl (C=O) groups is 2. The number of carboxylic acid groups (broad SMARTS) is 2. The van der Waals surface area contributed by atoms with Crippen molar-refractivity contribution < 1.29 is 37.5 Å². The Bertz CT molecular complexity index is 836. The zero-order valence-electron chi connectivity index (χ0n) is 11.3. The molecule has 23 heavy (non-hydrogen) atoms. The maximum absolute atomic E-state index is 11.2. The average molecular weight is 338 g/mol. The van der Waals surface area contributed by atoms with Crippen molar-refractivity contribution in [2.75, 3.05) is 0 Å². The molecular formula is C14H10O8S. The van der Waals surface area contributed by atoms with Crippen molar-refractivity contribution in [1.29, 1.82) is 0 Å². The fourth-order valence-electron chi connectivity index (χ4n) is 1.78. The molecule has 0 saturated heterocycles. The third-order valence-corrected chi connectivity index (χ3v) is 3.69. The first-order chi connectivity index (χ1) is 10.7. The monoisotopic (exact) mass is 338 g/mol. The van der Waals surface area contributed by atoms with Gasteiger partial charge < -0.3 is 14.9 Å². The van der Waals surface area contributed by atoms with Crippen molar-refractivity contribution in [3.8, 4) is 11.5 Å². The fraction of sp³-hybridized carbons (Fsp3) is 0. The molecule has 120 valence electrons. The second-order valence-electron chi connectivity index (χ2n) is 4.34. The fourth-order valence-corrected chi connectivity index (χ4v) is 2.26. The van der Waals surface area contributed by atoms with Gasteiger partial charge in [0.2, 0.25) is 0 Å². The minimum absolute atomic E-state index is 0.00796. The summed E-state index contributed by atoms with van der Waals surface area (Å²) in [6.45, 7) is 0. The van der Waals surface area contributed by atoms with Crippen molar-refractivity contribution in [2.45, 2.75) is 4.90 Å². The Balaban J connectivity index is 2.47. The lowest BCUT2D eigenvalue weighted by atomic mass is 10.1. The van der Waals surface area contributed by atoms with E-state index in [1.54, 1.807) is 0 Å². The molecule has 0 spiro atoms. The molecule has 2 aromatic carbocycles. The van der Waals surface area contributed by atoms with Gasteiger partial charge in [-0.2, -0.15) is 8.42 Å². The molecule has 0 aromatic heterocycles. The molecule has 0 atom stereocenters. The van der Waals surface area contributed by atoms with E-state index in [2.05, 4.69) is 0 Å². The molecule has 0 unspecified atom stereocenters. The molecule has 2 aromatic rings. The molecule has 3 N–H and O–H groups in total. The summed E-state index contributed by atoms with van der Waals surface area (Å²) < 4.78 is 36.1. The summed E-state index contributed by atoms with van der Waals surface area (Å²) in [6.07, 6.45) is 0. The van der Waals surface area contributed by atoms with Crippen LogP contribution in [0.5, 0.6) is 11.5 Å². The first kappa shape index (κ1) is 16.5. The molecule has 0 aliphatic carbocycles. The molecule has 0 aliphatic rings. The first-order valence-corrected chi connectivity index (χ1v) is 7.49. The van der Waals surface area contributed by atoms with E-state index in [0.717, 1.165) is 24.3 Å². The molecule has 0 bridgehead atoms. The summed E-state index contributed by atoms with van der Waals surface area (Å²) >= 11 is 0. The van der Waals surface area contributed by atoms with Crippen molar-refractivity contribution in [3.63, 3.8) is 0 Å². The number of hydrogen-bond donors (Lipinski definition) is 3. The Morgan fingerprint density at radius 3 is 1.74 bits per heavy atom. The second-order valence-corrected chi connectivity index (χ2v) is 5.76. The Kier molecular flexibility index (Phi) is 4.34. The third kappa shape index (κ3) is 3.65. The van der Waals surface area contributed by atoms with Crippen LogP contribution in [0.25, 0.3) is 0 Å². The average Bonchev–Trinajstić information content (AvgIpc) is 2.46. The van der Waals surface area contributed by atoms with E-state index in [1.165, 1.54) is 18.2 Å². The summed E-state index contributed by atoms with van der Waals surface area (Å²) in [7, 11) is -4.38. The number of rotatable bonds is 5. The summed E-state index contributed by atoms with van der Waals surface area (Å²) in [5, 5.41) is 18.2. The normalized spacial score (nSPS) is 11.0. The quantitative estimate of drug-likeness (QED) is 0.705. The van der Waals surface area contributed by atoms with Crippen molar-refractivity contribution in [1.82, 2.24) is 0 Å². The standard InChI is InChI=1S/C14H10O8S/c15-13(16)10-2-1-3-11(14(17)18)12(10)22-8-4-6-9(7-5-8)23(19,20)21/h1-7H,(H,15,16)(H,17,18)(H,19,20,21). The Morgan fingerprint density at radius 2 is 1.35 bits per heavy atom. The maximum atomic E-state index is 11.2. The summed E-state index contributed by atoms with van der Waals surface area (Å²) in [4.78, 5) is 22.0. The summed E-state index contributed by atoms with van der Waals surface area (Å²) in [5.74, 6) is -3.13. The molecule has 9 heteroatoms. The van der Waals surface area contributed by atoms with Crippen molar-refractivity contribution >= 4 is 22.1 Å². The van der Waals surface area contributed by atoms with E-state index in [0.29, 0.717) is 0 Å². The van der Waals surface area contributed by atoms with Gasteiger partial charge in [-0.05, 0) is 36.4 Å². The number of para-hydroxylation sites is 1. The smallest absolute Gasteiger partial charge is 0.339 e. The topological polar surface area (TPSA) is 138 Å². The van der Waals surface area contributed by atoms with Crippen LogP contribution >= 0.6 is 0 Å². The third-order valence-electron chi connectivity index (χ3n) is 2.82. The van der Waals surface area contributed by atoms with E-state index in [-0.39, 0.29) is 27.5 Å². The van der Waals surface area contributed by atoms with Gasteiger partial charge in [-0.1, -0.05) is 6.07 Å². The highest BCUT2D eigenvalue weighted by Crippen LogP contribution is 2.30. The molecule has 2 rings (SSSR count). The van der Waals surface area contributed by atoms with Gasteiger partial charge in [-0.15, -0.1) is 0 Å². The molecule has 0 fully saturated rings. The van der Waals surface area contributed by atoms with E-state index < -0.39 is 22.1 Å². The highest BCUT2D eigenvalue weighted by atomic mass is 32.2. The second kappa shape index (κ2) is 6.07. The number of carboxylic acids is 2. The highest BCUT2D eigenvalue weighted by molar-refractivity contribution is 7.85. The summed E-state index contributed by atoms with van der Waals surface area (Å²) in [5.41, 5.74) is -0.715. The number of ether oxygens (including phenoxy) is 1. The Hall–Kier alpha value is -2.91. The van der Waals surface area contributed by atoms with Crippen LogP contribution in [-0.2, 0) is 10.1 Å². The molecule has 8 nitrogen and oxygen atoms in total.